The van der Waals surface area contributed by atoms with E-state index in [9.17, 15) is 13.5 Å². The summed E-state index contributed by atoms with van der Waals surface area (Å²) in [5, 5.41) is 14.2. The molecule has 1 aromatic heterocycles. The highest BCUT2D eigenvalue weighted by Crippen LogP contribution is 2.27. The van der Waals surface area contributed by atoms with Crippen molar-refractivity contribution in [2.45, 2.75) is 50.5 Å². The molecule has 1 saturated carbocycles. The van der Waals surface area contributed by atoms with Gasteiger partial charge in [-0.3, -0.25) is 4.68 Å². The van der Waals surface area contributed by atoms with E-state index in [1.807, 2.05) is 0 Å². The SMILES string of the molecule is Cc1nn(C)c(C)c1S(=O)(=O)NCC(O)C1CCCC1. The molecule has 6 nitrogen and oxygen atoms in total. The highest BCUT2D eigenvalue weighted by atomic mass is 32.2. The average molecular weight is 301 g/mol. The molecule has 1 aliphatic rings. The minimum absolute atomic E-state index is 0.0702. The van der Waals surface area contributed by atoms with Crippen LogP contribution in [0.4, 0.5) is 0 Å². The van der Waals surface area contributed by atoms with Gasteiger partial charge in [-0.15, -0.1) is 0 Å². The maximum Gasteiger partial charge on any atom is 0.244 e. The number of aryl methyl sites for hydroxylation is 2. The number of aromatic nitrogens is 2. The molecule has 1 aliphatic carbocycles. The van der Waals surface area contributed by atoms with Crippen molar-refractivity contribution in [3.05, 3.63) is 11.4 Å². The number of rotatable bonds is 5. The van der Waals surface area contributed by atoms with E-state index in [1.165, 1.54) is 0 Å². The first-order valence-corrected chi connectivity index (χ1v) is 8.49. The van der Waals surface area contributed by atoms with Crippen LogP contribution in [-0.2, 0) is 17.1 Å². The van der Waals surface area contributed by atoms with Crippen molar-refractivity contribution in [2.75, 3.05) is 6.54 Å². The van der Waals surface area contributed by atoms with Crippen molar-refractivity contribution in [1.82, 2.24) is 14.5 Å². The fourth-order valence-electron chi connectivity index (χ4n) is 2.92. The fourth-order valence-corrected chi connectivity index (χ4v) is 4.40. The van der Waals surface area contributed by atoms with Gasteiger partial charge in [0.15, 0.2) is 0 Å². The fraction of sp³-hybridized carbons (Fsp3) is 0.769. The van der Waals surface area contributed by atoms with E-state index in [0.717, 1.165) is 25.7 Å². The topological polar surface area (TPSA) is 84.2 Å². The predicted molar refractivity (Wildman–Crippen MR) is 75.8 cm³/mol. The zero-order chi connectivity index (χ0) is 14.9. The van der Waals surface area contributed by atoms with Crippen LogP contribution in [0.25, 0.3) is 0 Å². The summed E-state index contributed by atoms with van der Waals surface area (Å²) in [5.41, 5.74) is 1.08. The maximum absolute atomic E-state index is 12.3. The molecule has 0 aliphatic heterocycles. The Balaban J connectivity index is 2.07. The van der Waals surface area contributed by atoms with Gasteiger partial charge in [0.25, 0.3) is 0 Å². The molecule has 20 heavy (non-hydrogen) atoms. The van der Waals surface area contributed by atoms with E-state index in [4.69, 9.17) is 0 Å². The predicted octanol–water partition coefficient (Wildman–Crippen LogP) is 0.866. The molecule has 0 aromatic carbocycles. The molecule has 0 radical (unpaired) electrons. The molecule has 0 spiro atoms. The molecule has 1 unspecified atom stereocenters. The van der Waals surface area contributed by atoms with Gasteiger partial charge < -0.3 is 5.11 Å². The van der Waals surface area contributed by atoms with E-state index >= 15 is 0 Å². The van der Waals surface area contributed by atoms with Crippen LogP contribution in [0, 0.1) is 19.8 Å². The van der Waals surface area contributed by atoms with Crippen LogP contribution in [0.1, 0.15) is 37.1 Å². The Labute approximate surface area is 120 Å². The summed E-state index contributed by atoms with van der Waals surface area (Å²) in [6.07, 6.45) is 3.59. The van der Waals surface area contributed by atoms with Crippen LogP contribution in [0.5, 0.6) is 0 Å². The largest absolute Gasteiger partial charge is 0.391 e. The minimum Gasteiger partial charge on any atom is -0.391 e. The summed E-state index contributed by atoms with van der Waals surface area (Å²) in [4.78, 5) is 0.221. The second kappa shape index (κ2) is 5.83. The van der Waals surface area contributed by atoms with Crippen molar-refractivity contribution >= 4 is 10.0 Å². The molecule has 1 aromatic rings. The number of hydrogen-bond donors (Lipinski definition) is 2. The third-order valence-electron chi connectivity index (χ3n) is 4.14. The van der Waals surface area contributed by atoms with E-state index in [1.54, 1.807) is 25.6 Å². The summed E-state index contributed by atoms with van der Waals surface area (Å²) in [5.74, 6) is 0.216. The van der Waals surface area contributed by atoms with Crippen LogP contribution in [0.3, 0.4) is 0 Å². The molecule has 0 amide bonds. The molecule has 1 fully saturated rings. The van der Waals surface area contributed by atoms with E-state index in [0.29, 0.717) is 11.4 Å². The standard InChI is InChI=1S/C13H23N3O3S/c1-9-13(10(2)16(3)15-9)20(18,19)14-8-12(17)11-6-4-5-7-11/h11-12,14,17H,4-8H2,1-3H3. The molecular formula is C13H23N3O3S. The molecule has 2 rings (SSSR count). The Morgan fingerprint density at radius 3 is 2.50 bits per heavy atom. The van der Waals surface area contributed by atoms with Gasteiger partial charge in [-0.2, -0.15) is 5.10 Å². The molecule has 1 atom stereocenters. The lowest BCUT2D eigenvalue weighted by atomic mass is 10.0. The van der Waals surface area contributed by atoms with E-state index in [2.05, 4.69) is 9.82 Å². The van der Waals surface area contributed by atoms with Crippen molar-refractivity contribution in [2.24, 2.45) is 13.0 Å². The van der Waals surface area contributed by atoms with Gasteiger partial charge in [0.2, 0.25) is 10.0 Å². The summed E-state index contributed by atoms with van der Waals surface area (Å²) in [7, 11) is -1.90. The summed E-state index contributed by atoms with van der Waals surface area (Å²) >= 11 is 0. The van der Waals surface area contributed by atoms with Gasteiger partial charge in [-0.1, -0.05) is 12.8 Å². The van der Waals surface area contributed by atoms with Crippen LogP contribution in [-0.4, -0.2) is 36.0 Å². The number of aliphatic hydroxyl groups is 1. The zero-order valence-corrected chi connectivity index (χ0v) is 13.1. The number of sulfonamides is 1. The van der Waals surface area contributed by atoms with Crippen LogP contribution in [0.2, 0.25) is 0 Å². The summed E-state index contributed by atoms with van der Waals surface area (Å²) < 4.78 is 28.7. The monoisotopic (exact) mass is 301 g/mol. The van der Waals surface area contributed by atoms with Gasteiger partial charge in [-0.25, -0.2) is 13.1 Å². The molecule has 2 N–H and O–H groups in total. The van der Waals surface area contributed by atoms with Gasteiger partial charge in [0.05, 0.1) is 17.5 Å². The Hall–Kier alpha value is -0.920. The van der Waals surface area contributed by atoms with Crippen LogP contribution in [0.15, 0.2) is 4.90 Å². The van der Waals surface area contributed by atoms with Gasteiger partial charge in [-0.05, 0) is 32.6 Å². The first-order valence-electron chi connectivity index (χ1n) is 7.01. The Morgan fingerprint density at radius 2 is 2.00 bits per heavy atom. The van der Waals surface area contributed by atoms with Crippen LogP contribution < -0.4 is 4.72 Å². The number of hydrogen-bond acceptors (Lipinski definition) is 4. The van der Waals surface area contributed by atoms with E-state index in [-0.39, 0.29) is 17.4 Å². The maximum atomic E-state index is 12.3. The minimum atomic E-state index is -3.62. The highest BCUT2D eigenvalue weighted by molar-refractivity contribution is 7.89. The van der Waals surface area contributed by atoms with Crippen molar-refractivity contribution in [3.8, 4) is 0 Å². The average Bonchev–Trinajstić information content (AvgIpc) is 2.96. The van der Waals surface area contributed by atoms with Crippen molar-refractivity contribution < 1.29 is 13.5 Å². The quantitative estimate of drug-likeness (QED) is 0.845. The van der Waals surface area contributed by atoms with E-state index < -0.39 is 16.1 Å². The Bertz CT molecular complexity index is 574. The molecule has 0 bridgehead atoms. The Kier molecular flexibility index (Phi) is 4.51. The normalized spacial score (nSPS) is 18.6. The molecule has 0 saturated heterocycles. The lowest BCUT2D eigenvalue weighted by Gasteiger charge is -2.18. The van der Waals surface area contributed by atoms with Crippen molar-refractivity contribution in [3.63, 3.8) is 0 Å². The first-order chi connectivity index (χ1) is 9.33. The van der Waals surface area contributed by atoms with Gasteiger partial charge >= 0.3 is 0 Å². The number of nitrogens with zero attached hydrogens (tertiary/aromatic N) is 2. The lowest BCUT2D eigenvalue weighted by Crippen LogP contribution is -2.36. The van der Waals surface area contributed by atoms with Gasteiger partial charge in [0.1, 0.15) is 4.90 Å². The summed E-state index contributed by atoms with van der Waals surface area (Å²) in [6, 6.07) is 0. The first kappa shape index (κ1) is 15.5. The molecule has 1 heterocycles. The number of nitrogens with one attached hydrogen (secondary N) is 1. The smallest absolute Gasteiger partial charge is 0.244 e. The lowest BCUT2D eigenvalue weighted by molar-refractivity contribution is 0.115. The van der Waals surface area contributed by atoms with Gasteiger partial charge in [0, 0.05) is 13.6 Å². The third kappa shape index (κ3) is 3.05. The van der Waals surface area contributed by atoms with Crippen LogP contribution >= 0.6 is 0 Å². The zero-order valence-electron chi connectivity index (χ0n) is 12.3. The second-order valence-corrected chi connectivity index (χ2v) is 7.29. The molecular weight excluding hydrogens is 278 g/mol. The van der Waals surface area contributed by atoms with Crippen molar-refractivity contribution in [1.29, 1.82) is 0 Å². The number of aliphatic hydroxyl groups excluding tert-OH is 1. The third-order valence-corrected chi connectivity index (χ3v) is 5.81. The molecule has 114 valence electrons. The second-order valence-electron chi connectivity index (χ2n) is 5.59. The Morgan fingerprint density at radius 1 is 1.40 bits per heavy atom. The molecule has 7 heteroatoms. The highest BCUT2D eigenvalue weighted by Gasteiger charge is 2.27. The summed E-state index contributed by atoms with van der Waals surface area (Å²) in [6.45, 7) is 3.47.